The number of nitrogens with two attached hydrogens (primary N) is 1. The smallest absolute Gasteiger partial charge is 0.245 e. The Morgan fingerprint density at radius 3 is 2.50 bits per heavy atom. The molecule has 0 aliphatic carbocycles. The molecule has 0 amide bonds. The molecule has 0 saturated carbocycles. The lowest BCUT2D eigenvalue weighted by Gasteiger charge is -2.21. The van der Waals surface area contributed by atoms with Gasteiger partial charge in [0.1, 0.15) is 4.90 Å². The van der Waals surface area contributed by atoms with Gasteiger partial charge >= 0.3 is 0 Å². The number of nitrogens with one attached hydrogen (secondary N) is 1. The van der Waals surface area contributed by atoms with Gasteiger partial charge in [0.25, 0.3) is 0 Å². The predicted molar refractivity (Wildman–Crippen MR) is 73.6 cm³/mol. The van der Waals surface area contributed by atoms with Crippen LogP contribution in [0.3, 0.4) is 0 Å². The van der Waals surface area contributed by atoms with Crippen LogP contribution in [-0.2, 0) is 10.0 Å². The fourth-order valence-corrected chi connectivity index (χ4v) is 3.38. The van der Waals surface area contributed by atoms with Crippen LogP contribution in [0.2, 0.25) is 0 Å². The minimum absolute atomic E-state index is 0.227. The van der Waals surface area contributed by atoms with Crippen molar-refractivity contribution in [1.82, 2.24) is 4.31 Å². The van der Waals surface area contributed by atoms with Gasteiger partial charge in [0, 0.05) is 13.1 Å². The van der Waals surface area contributed by atoms with Gasteiger partial charge in [-0.1, -0.05) is 32.4 Å². The SMILES string of the molecule is CCCCN(CC)S(=O)(=O)c1ccccc1NN. The zero-order chi connectivity index (χ0) is 13.6. The Morgan fingerprint density at radius 1 is 1.28 bits per heavy atom. The number of nitrogen functional groups attached to an aromatic ring is 1. The summed E-state index contributed by atoms with van der Waals surface area (Å²) in [6, 6.07) is 6.66. The second-order valence-electron chi connectivity index (χ2n) is 3.99. The van der Waals surface area contributed by atoms with E-state index in [1.165, 1.54) is 4.31 Å². The van der Waals surface area contributed by atoms with Crippen LogP contribution in [0.25, 0.3) is 0 Å². The first-order valence-corrected chi connectivity index (χ1v) is 7.57. The third-order valence-electron chi connectivity index (χ3n) is 2.77. The highest BCUT2D eigenvalue weighted by Crippen LogP contribution is 2.23. The maximum Gasteiger partial charge on any atom is 0.245 e. The van der Waals surface area contributed by atoms with E-state index in [0.717, 1.165) is 12.8 Å². The third-order valence-corrected chi connectivity index (χ3v) is 4.81. The van der Waals surface area contributed by atoms with Crippen LogP contribution in [-0.4, -0.2) is 25.8 Å². The lowest BCUT2D eigenvalue weighted by Crippen LogP contribution is -2.32. The lowest BCUT2D eigenvalue weighted by atomic mass is 10.3. The quantitative estimate of drug-likeness (QED) is 0.585. The molecule has 0 atom stereocenters. The molecule has 0 heterocycles. The van der Waals surface area contributed by atoms with Crippen molar-refractivity contribution in [2.24, 2.45) is 5.84 Å². The van der Waals surface area contributed by atoms with E-state index in [1.54, 1.807) is 24.3 Å². The van der Waals surface area contributed by atoms with E-state index in [1.807, 2.05) is 13.8 Å². The molecule has 0 bridgehead atoms. The highest BCUT2D eigenvalue weighted by molar-refractivity contribution is 7.89. The Labute approximate surface area is 109 Å². The van der Waals surface area contributed by atoms with Gasteiger partial charge in [-0.3, -0.25) is 5.84 Å². The van der Waals surface area contributed by atoms with Crippen LogP contribution < -0.4 is 11.3 Å². The molecular formula is C12H21N3O2S. The number of rotatable bonds is 7. The van der Waals surface area contributed by atoms with E-state index in [0.29, 0.717) is 18.8 Å². The van der Waals surface area contributed by atoms with Crippen molar-refractivity contribution in [2.45, 2.75) is 31.6 Å². The van der Waals surface area contributed by atoms with Gasteiger partial charge in [0.05, 0.1) is 5.69 Å². The van der Waals surface area contributed by atoms with Gasteiger partial charge < -0.3 is 5.43 Å². The number of hydrogen-bond acceptors (Lipinski definition) is 4. The fraction of sp³-hybridized carbons (Fsp3) is 0.500. The minimum Gasteiger partial charge on any atom is -0.323 e. The van der Waals surface area contributed by atoms with Crippen LogP contribution in [0.15, 0.2) is 29.2 Å². The molecule has 0 radical (unpaired) electrons. The van der Waals surface area contributed by atoms with Crippen LogP contribution in [0, 0.1) is 0 Å². The number of nitrogens with zero attached hydrogens (tertiary/aromatic N) is 1. The Hall–Kier alpha value is -1.11. The van der Waals surface area contributed by atoms with Crippen molar-refractivity contribution in [3.8, 4) is 0 Å². The van der Waals surface area contributed by atoms with Gasteiger partial charge in [-0.2, -0.15) is 4.31 Å². The van der Waals surface area contributed by atoms with Crippen LogP contribution in [0.5, 0.6) is 0 Å². The first-order chi connectivity index (χ1) is 8.57. The summed E-state index contributed by atoms with van der Waals surface area (Å²) in [5.74, 6) is 5.36. The Balaban J connectivity index is 3.10. The summed E-state index contributed by atoms with van der Waals surface area (Å²) in [7, 11) is -3.48. The number of hydrazine groups is 1. The topological polar surface area (TPSA) is 75.4 Å². The first-order valence-electron chi connectivity index (χ1n) is 6.13. The number of benzene rings is 1. The molecule has 102 valence electrons. The summed E-state index contributed by atoms with van der Waals surface area (Å²) in [6.45, 7) is 4.87. The summed E-state index contributed by atoms with van der Waals surface area (Å²) in [5, 5.41) is 0. The molecule has 0 aliphatic rings. The molecule has 0 aliphatic heterocycles. The van der Waals surface area contributed by atoms with Gasteiger partial charge in [-0.15, -0.1) is 0 Å². The summed E-state index contributed by atoms with van der Waals surface area (Å²) in [5.41, 5.74) is 2.85. The molecule has 3 N–H and O–H groups in total. The van der Waals surface area contributed by atoms with Crippen molar-refractivity contribution in [3.05, 3.63) is 24.3 Å². The predicted octanol–water partition coefficient (Wildman–Crippen LogP) is 1.78. The van der Waals surface area contributed by atoms with Crippen LogP contribution >= 0.6 is 0 Å². The number of para-hydroxylation sites is 1. The zero-order valence-corrected chi connectivity index (χ0v) is 11.7. The third kappa shape index (κ3) is 3.22. The van der Waals surface area contributed by atoms with E-state index in [-0.39, 0.29) is 4.90 Å². The van der Waals surface area contributed by atoms with Crippen LogP contribution in [0.4, 0.5) is 5.69 Å². The largest absolute Gasteiger partial charge is 0.323 e. The van der Waals surface area contributed by atoms with Crippen LogP contribution in [0.1, 0.15) is 26.7 Å². The van der Waals surface area contributed by atoms with Crippen molar-refractivity contribution in [1.29, 1.82) is 0 Å². The maximum absolute atomic E-state index is 12.5. The van der Waals surface area contributed by atoms with Gasteiger partial charge in [0.2, 0.25) is 10.0 Å². The van der Waals surface area contributed by atoms with Gasteiger partial charge in [-0.25, -0.2) is 8.42 Å². The highest BCUT2D eigenvalue weighted by atomic mass is 32.2. The minimum atomic E-state index is -3.48. The Kier molecular flexibility index (Phi) is 5.58. The standard InChI is InChI=1S/C12H21N3O2S/c1-3-5-10-15(4-2)18(16,17)12-9-7-6-8-11(12)14-13/h6-9,14H,3-5,10,13H2,1-2H3. The number of sulfonamides is 1. The fourth-order valence-electron chi connectivity index (χ4n) is 1.73. The first kappa shape index (κ1) is 14.9. The van der Waals surface area contributed by atoms with E-state index >= 15 is 0 Å². The summed E-state index contributed by atoms with van der Waals surface area (Å²) >= 11 is 0. The average Bonchev–Trinajstić information content (AvgIpc) is 2.39. The monoisotopic (exact) mass is 271 g/mol. The van der Waals surface area contributed by atoms with Crippen molar-refractivity contribution in [2.75, 3.05) is 18.5 Å². The zero-order valence-electron chi connectivity index (χ0n) is 10.9. The van der Waals surface area contributed by atoms with E-state index in [9.17, 15) is 8.42 Å². The summed E-state index contributed by atoms with van der Waals surface area (Å²) < 4.78 is 26.4. The Bertz CT molecular complexity index is 474. The molecule has 0 fully saturated rings. The average molecular weight is 271 g/mol. The highest BCUT2D eigenvalue weighted by Gasteiger charge is 2.24. The second kappa shape index (κ2) is 6.72. The van der Waals surface area contributed by atoms with Gasteiger partial charge in [-0.05, 0) is 18.6 Å². The number of anilines is 1. The molecule has 0 saturated heterocycles. The molecule has 1 rings (SSSR count). The molecule has 0 spiro atoms. The molecule has 1 aromatic rings. The number of hydrogen-bond donors (Lipinski definition) is 2. The maximum atomic E-state index is 12.5. The van der Waals surface area contributed by atoms with E-state index in [2.05, 4.69) is 5.43 Å². The van der Waals surface area contributed by atoms with Crippen molar-refractivity contribution < 1.29 is 8.42 Å². The van der Waals surface area contributed by atoms with Crippen molar-refractivity contribution in [3.63, 3.8) is 0 Å². The van der Waals surface area contributed by atoms with E-state index in [4.69, 9.17) is 5.84 Å². The van der Waals surface area contributed by atoms with Crippen molar-refractivity contribution >= 4 is 15.7 Å². The second-order valence-corrected chi connectivity index (χ2v) is 5.90. The molecule has 0 unspecified atom stereocenters. The molecular weight excluding hydrogens is 250 g/mol. The van der Waals surface area contributed by atoms with E-state index < -0.39 is 10.0 Å². The molecule has 1 aromatic carbocycles. The lowest BCUT2D eigenvalue weighted by molar-refractivity contribution is 0.419. The molecule has 5 nitrogen and oxygen atoms in total. The van der Waals surface area contributed by atoms with Gasteiger partial charge in [0.15, 0.2) is 0 Å². The molecule has 0 aromatic heterocycles. The normalized spacial score (nSPS) is 11.8. The molecule has 18 heavy (non-hydrogen) atoms. The summed E-state index contributed by atoms with van der Waals surface area (Å²) in [6.07, 6.45) is 1.81. The molecule has 6 heteroatoms. The summed E-state index contributed by atoms with van der Waals surface area (Å²) in [4.78, 5) is 0.227. The number of unbranched alkanes of at least 4 members (excludes halogenated alkanes) is 1. The Morgan fingerprint density at radius 2 is 1.94 bits per heavy atom.